The minimum Gasteiger partial charge on any atom is -0.486 e. The molecule has 2 aromatic rings. The normalized spacial score (nSPS) is 12.6. The molecule has 6 heteroatoms. The molecule has 0 unspecified atom stereocenters. The zero-order chi connectivity index (χ0) is 14.7. The van der Waals surface area contributed by atoms with Gasteiger partial charge in [0.05, 0.1) is 0 Å². The number of fused-ring (bicyclic) bond motifs is 1. The van der Waals surface area contributed by atoms with Gasteiger partial charge in [-0.15, -0.1) is 0 Å². The first-order valence-corrected chi connectivity index (χ1v) is 7.64. The molecule has 4 nitrogen and oxygen atoms in total. The number of halogens is 1. The summed E-state index contributed by atoms with van der Waals surface area (Å²) in [6, 6.07) is 13.5. The molecular formula is C15H13BrN2O2S. The molecule has 0 aliphatic carbocycles. The van der Waals surface area contributed by atoms with Crippen molar-refractivity contribution in [2.45, 2.75) is 0 Å². The highest BCUT2D eigenvalue weighted by atomic mass is 79.9. The van der Waals surface area contributed by atoms with Crippen LogP contribution in [0.15, 0.2) is 46.9 Å². The quantitative estimate of drug-likeness (QED) is 0.787. The maximum absolute atomic E-state index is 5.54. The first-order chi connectivity index (χ1) is 10.2. The van der Waals surface area contributed by atoms with E-state index >= 15 is 0 Å². The van der Waals surface area contributed by atoms with Gasteiger partial charge in [-0.05, 0) is 48.6 Å². The summed E-state index contributed by atoms with van der Waals surface area (Å²) in [5.74, 6) is 1.50. The van der Waals surface area contributed by atoms with Gasteiger partial charge >= 0.3 is 0 Å². The van der Waals surface area contributed by atoms with Crippen LogP contribution in [0.3, 0.4) is 0 Å². The number of nitrogens with one attached hydrogen (secondary N) is 2. The second-order valence-corrected chi connectivity index (χ2v) is 5.77. The molecule has 108 valence electrons. The fraction of sp³-hybridized carbons (Fsp3) is 0.133. The van der Waals surface area contributed by atoms with Gasteiger partial charge in [-0.1, -0.05) is 15.9 Å². The van der Waals surface area contributed by atoms with E-state index in [2.05, 4.69) is 26.6 Å². The average molecular weight is 365 g/mol. The number of anilines is 2. The van der Waals surface area contributed by atoms with E-state index in [9.17, 15) is 0 Å². The second kappa shape index (κ2) is 6.32. The fourth-order valence-corrected chi connectivity index (χ4v) is 2.45. The van der Waals surface area contributed by atoms with Crippen molar-refractivity contribution in [3.05, 3.63) is 46.9 Å². The molecule has 2 N–H and O–H groups in total. The molecule has 1 aliphatic heterocycles. The van der Waals surface area contributed by atoms with Crippen molar-refractivity contribution in [3.63, 3.8) is 0 Å². The van der Waals surface area contributed by atoms with E-state index in [0.29, 0.717) is 18.3 Å². The Morgan fingerprint density at radius 1 is 0.905 bits per heavy atom. The van der Waals surface area contributed by atoms with Crippen LogP contribution in [0.4, 0.5) is 11.4 Å². The van der Waals surface area contributed by atoms with Crippen LogP contribution in [0.2, 0.25) is 0 Å². The zero-order valence-electron chi connectivity index (χ0n) is 11.1. The first kappa shape index (κ1) is 14.2. The summed E-state index contributed by atoms with van der Waals surface area (Å²) in [6.45, 7) is 1.15. The van der Waals surface area contributed by atoms with Crippen molar-refractivity contribution in [2.24, 2.45) is 0 Å². The van der Waals surface area contributed by atoms with Crippen LogP contribution in [0.5, 0.6) is 11.5 Å². The van der Waals surface area contributed by atoms with Crippen molar-refractivity contribution >= 4 is 44.6 Å². The summed E-state index contributed by atoms with van der Waals surface area (Å²) in [4.78, 5) is 0. The summed E-state index contributed by atoms with van der Waals surface area (Å²) in [6.07, 6.45) is 0. The van der Waals surface area contributed by atoms with Gasteiger partial charge in [-0.2, -0.15) is 0 Å². The van der Waals surface area contributed by atoms with Crippen LogP contribution in [0.25, 0.3) is 0 Å². The highest BCUT2D eigenvalue weighted by molar-refractivity contribution is 9.10. The lowest BCUT2D eigenvalue weighted by Gasteiger charge is -2.19. The van der Waals surface area contributed by atoms with Gasteiger partial charge in [0.1, 0.15) is 13.2 Å². The molecule has 0 aromatic heterocycles. The summed E-state index contributed by atoms with van der Waals surface area (Å²) in [5.41, 5.74) is 1.78. The number of hydrogen-bond acceptors (Lipinski definition) is 3. The maximum Gasteiger partial charge on any atom is 0.175 e. The molecule has 0 radical (unpaired) electrons. The van der Waals surface area contributed by atoms with Crippen molar-refractivity contribution in [2.75, 3.05) is 23.8 Å². The summed E-state index contributed by atoms with van der Waals surface area (Å²) < 4.78 is 12.1. The SMILES string of the molecule is S=C(Nc1ccc(Br)cc1)Nc1ccc2c(c1)OCCO2. The molecule has 3 rings (SSSR count). The van der Waals surface area contributed by atoms with Gasteiger partial charge < -0.3 is 20.1 Å². The molecule has 0 atom stereocenters. The molecule has 1 heterocycles. The van der Waals surface area contributed by atoms with E-state index < -0.39 is 0 Å². The van der Waals surface area contributed by atoms with Crippen molar-refractivity contribution < 1.29 is 9.47 Å². The van der Waals surface area contributed by atoms with Gasteiger partial charge in [0, 0.05) is 21.9 Å². The van der Waals surface area contributed by atoms with Crippen LogP contribution < -0.4 is 20.1 Å². The van der Waals surface area contributed by atoms with Gasteiger partial charge in [0.15, 0.2) is 16.6 Å². The standard InChI is InChI=1S/C15H13BrN2O2S/c16-10-1-3-11(4-2-10)17-15(21)18-12-5-6-13-14(9-12)20-8-7-19-13/h1-6,9H,7-8H2,(H2,17,18,21). The van der Waals surface area contributed by atoms with Crippen LogP contribution in [0, 0.1) is 0 Å². The molecule has 2 aromatic carbocycles. The van der Waals surface area contributed by atoms with E-state index in [1.807, 2.05) is 42.5 Å². The van der Waals surface area contributed by atoms with E-state index in [4.69, 9.17) is 21.7 Å². The topological polar surface area (TPSA) is 42.5 Å². The van der Waals surface area contributed by atoms with Gasteiger partial charge in [0.25, 0.3) is 0 Å². The van der Waals surface area contributed by atoms with E-state index in [-0.39, 0.29) is 0 Å². The van der Waals surface area contributed by atoms with Crippen LogP contribution >= 0.6 is 28.1 Å². The van der Waals surface area contributed by atoms with Crippen LogP contribution in [0.1, 0.15) is 0 Å². The van der Waals surface area contributed by atoms with Crippen LogP contribution in [-0.4, -0.2) is 18.3 Å². The van der Waals surface area contributed by atoms with Crippen molar-refractivity contribution in [1.82, 2.24) is 0 Å². The highest BCUT2D eigenvalue weighted by Gasteiger charge is 2.12. The Kier molecular flexibility index (Phi) is 4.26. The lowest BCUT2D eigenvalue weighted by Crippen LogP contribution is -2.20. The third kappa shape index (κ3) is 3.65. The van der Waals surface area contributed by atoms with Crippen LogP contribution in [-0.2, 0) is 0 Å². The van der Waals surface area contributed by atoms with Crippen molar-refractivity contribution in [3.8, 4) is 11.5 Å². The first-order valence-electron chi connectivity index (χ1n) is 6.44. The minimum atomic E-state index is 0.522. The number of ether oxygens (including phenoxy) is 2. The Labute approximate surface area is 136 Å². The lowest BCUT2D eigenvalue weighted by atomic mass is 10.2. The minimum absolute atomic E-state index is 0.522. The van der Waals surface area contributed by atoms with E-state index in [1.165, 1.54) is 0 Å². The molecule has 0 bridgehead atoms. The summed E-state index contributed by atoms with van der Waals surface area (Å²) in [5, 5.41) is 6.78. The lowest BCUT2D eigenvalue weighted by molar-refractivity contribution is 0.171. The summed E-state index contributed by atoms with van der Waals surface area (Å²) >= 11 is 8.70. The predicted octanol–water partition coefficient (Wildman–Crippen LogP) is 4.03. The molecule has 21 heavy (non-hydrogen) atoms. The van der Waals surface area contributed by atoms with Crippen molar-refractivity contribution in [1.29, 1.82) is 0 Å². The van der Waals surface area contributed by atoms with Gasteiger partial charge in [-0.25, -0.2) is 0 Å². The highest BCUT2D eigenvalue weighted by Crippen LogP contribution is 2.32. The zero-order valence-corrected chi connectivity index (χ0v) is 13.5. The molecule has 0 spiro atoms. The van der Waals surface area contributed by atoms with Gasteiger partial charge in [0.2, 0.25) is 0 Å². The Morgan fingerprint density at radius 3 is 2.29 bits per heavy atom. The maximum atomic E-state index is 5.54. The smallest absolute Gasteiger partial charge is 0.175 e. The Balaban J connectivity index is 1.65. The Bertz CT molecular complexity index is 661. The Hall–Kier alpha value is -1.79. The fourth-order valence-electron chi connectivity index (χ4n) is 1.95. The largest absolute Gasteiger partial charge is 0.486 e. The molecule has 0 saturated heterocycles. The predicted molar refractivity (Wildman–Crippen MR) is 91.4 cm³/mol. The molecular weight excluding hydrogens is 352 g/mol. The monoisotopic (exact) mass is 364 g/mol. The average Bonchev–Trinajstić information content (AvgIpc) is 2.49. The molecule has 1 aliphatic rings. The number of rotatable bonds is 2. The third-order valence-electron chi connectivity index (χ3n) is 2.90. The van der Waals surface area contributed by atoms with E-state index in [0.717, 1.165) is 27.3 Å². The summed E-state index contributed by atoms with van der Waals surface area (Å²) in [7, 11) is 0. The molecule has 0 saturated carbocycles. The number of thiocarbonyl (C=S) groups is 1. The van der Waals surface area contributed by atoms with Gasteiger partial charge in [-0.3, -0.25) is 0 Å². The van der Waals surface area contributed by atoms with E-state index in [1.54, 1.807) is 0 Å². The Morgan fingerprint density at radius 2 is 1.52 bits per heavy atom. The second-order valence-electron chi connectivity index (χ2n) is 4.44. The number of hydrogen-bond donors (Lipinski definition) is 2. The molecule has 0 amide bonds. The molecule has 0 fully saturated rings. The third-order valence-corrected chi connectivity index (χ3v) is 3.63. The number of benzene rings is 2.